The Morgan fingerprint density at radius 1 is 1.27 bits per heavy atom. The average molecular weight is 320 g/mol. The predicted molar refractivity (Wildman–Crippen MR) is 84.4 cm³/mol. The number of hydrogen-bond donors (Lipinski definition) is 1. The third-order valence-electron chi connectivity index (χ3n) is 4.23. The fourth-order valence-electron chi connectivity index (χ4n) is 2.95. The maximum Gasteiger partial charge on any atom is 0.322 e. The van der Waals surface area contributed by atoms with E-state index in [0.29, 0.717) is 17.1 Å². The van der Waals surface area contributed by atoms with Crippen molar-refractivity contribution in [2.45, 2.75) is 25.9 Å². The zero-order valence-electron chi connectivity index (χ0n) is 12.8. The number of urea groups is 1. The zero-order valence-corrected chi connectivity index (χ0v) is 13.5. The van der Waals surface area contributed by atoms with Crippen LogP contribution in [0.2, 0.25) is 5.02 Å². The maximum atomic E-state index is 12.8. The second-order valence-electron chi connectivity index (χ2n) is 5.85. The fourth-order valence-corrected chi connectivity index (χ4v) is 3.19. The Kier molecular flexibility index (Phi) is 3.60. The first-order valence-corrected chi connectivity index (χ1v) is 7.62. The Bertz CT molecular complexity index is 684. The average Bonchev–Trinajstić information content (AvgIpc) is 2.82. The van der Waals surface area contributed by atoms with E-state index in [2.05, 4.69) is 5.32 Å². The largest absolute Gasteiger partial charge is 0.331 e. The molecule has 0 aromatic heterocycles. The van der Waals surface area contributed by atoms with E-state index in [9.17, 15) is 9.59 Å². The van der Waals surface area contributed by atoms with E-state index in [1.54, 1.807) is 18.0 Å². The van der Waals surface area contributed by atoms with Gasteiger partial charge in [-0.1, -0.05) is 29.8 Å². The Hall–Kier alpha value is -2.01. The molecule has 1 atom stereocenters. The number of amides is 3. The first kappa shape index (κ1) is 14.9. The molecule has 6 heteroatoms. The highest BCUT2D eigenvalue weighted by Gasteiger charge is 2.43. The van der Waals surface area contributed by atoms with Gasteiger partial charge >= 0.3 is 6.03 Å². The van der Waals surface area contributed by atoms with Crippen molar-refractivity contribution in [3.05, 3.63) is 46.1 Å². The number of benzene rings is 1. The third kappa shape index (κ3) is 2.16. The number of nitrogens with one attached hydrogen (secondary N) is 1. The van der Waals surface area contributed by atoms with Crippen molar-refractivity contribution in [1.29, 1.82) is 0 Å². The van der Waals surface area contributed by atoms with Crippen molar-refractivity contribution in [3.8, 4) is 0 Å². The lowest BCUT2D eigenvalue weighted by molar-refractivity contribution is -0.127. The van der Waals surface area contributed by atoms with Crippen LogP contribution in [0.1, 0.15) is 25.5 Å². The second kappa shape index (κ2) is 5.32. The van der Waals surface area contributed by atoms with Gasteiger partial charge in [-0.25, -0.2) is 4.79 Å². The molecule has 0 saturated heterocycles. The van der Waals surface area contributed by atoms with Crippen LogP contribution in [0.15, 0.2) is 35.5 Å². The zero-order chi connectivity index (χ0) is 16.0. The van der Waals surface area contributed by atoms with Crippen LogP contribution in [0.3, 0.4) is 0 Å². The summed E-state index contributed by atoms with van der Waals surface area (Å²) < 4.78 is 0. The van der Waals surface area contributed by atoms with Gasteiger partial charge in [0, 0.05) is 18.1 Å². The fraction of sp³-hybridized carbons (Fsp3) is 0.375. The summed E-state index contributed by atoms with van der Waals surface area (Å²) in [4.78, 5) is 28.3. The molecule has 5 nitrogen and oxygen atoms in total. The molecule has 0 radical (unpaired) electrons. The first-order chi connectivity index (χ1) is 10.4. The molecule has 1 aromatic rings. The van der Waals surface area contributed by atoms with Crippen LogP contribution >= 0.6 is 11.6 Å². The molecule has 1 aromatic carbocycles. The number of carbonyl (C=O) groups excluding carboxylic acids is 2. The molecule has 3 amide bonds. The van der Waals surface area contributed by atoms with Crippen LogP contribution in [-0.2, 0) is 4.79 Å². The molecular weight excluding hydrogens is 302 g/mol. The van der Waals surface area contributed by atoms with Crippen LogP contribution in [0.5, 0.6) is 0 Å². The molecule has 1 N–H and O–H groups in total. The van der Waals surface area contributed by atoms with Crippen molar-refractivity contribution < 1.29 is 9.59 Å². The molecule has 116 valence electrons. The standard InChI is InChI=1S/C16H18ClN3O2/c1-9(2)20-8-12-13(15(20)21)14(18-16(22)19(12)3)10-6-4-5-7-11(10)17/h4-7,9,14H,8H2,1-3H3,(H,18,22)/t14-/m0/s1. The SMILES string of the molecule is CC(C)N1CC2=C(C1=O)[C@H](c1ccccc1Cl)NC(=O)N2C. The van der Waals surface area contributed by atoms with E-state index in [0.717, 1.165) is 11.3 Å². The van der Waals surface area contributed by atoms with Gasteiger partial charge in [-0.2, -0.15) is 0 Å². The molecule has 22 heavy (non-hydrogen) atoms. The van der Waals surface area contributed by atoms with Gasteiger partial charge in [0.2, 0.25) is 0 Å². The first-order valence-electron chi connectivity index (χ1n) is 7.24. The Morgan fingerprint density at radius 2 is 1.95 bits per heavy atom. The Morgan fingerprint density at radius 3 is 2.59 bits per heavy atom. The summed E-state index contributed by atoms with van der Waals surface area (Å²) in [5, 5.41) is 3.42. The van der Waals surface area contributed by atoms with E-state index in [-0.39, 0.29) is 18.0 Å². The van der Waals surface area contributed by atoms with Gasteiger partial charge in [-0.05, 0) is 25.5 Å². The normalized spacial score (nSPS) is 21.6. The smallest absolute Gasteiger partial charge is 0.322 e. The van der Waals surface area contributed by atoms with Gasteiger partial charge in [0.15, 0.2) is 0 Å². The highest BCUT2D eigenvalue weighted by atomic mass is 35.5. The number of carbonyl (C=O) groups is 2. The molecule has 0 bridgehead atoms. The van der Waals surface area contributed by atoms with E-state index < -0.39 is 6.04 Å². The van der Waals surface area contributed by atoms with Gasteiger partial charge in [-0.3, -0.25) is 9.69 Å². The van der Waals surface area contributed by atoms with Gasteiger partial charge in [0.1, 0.15) is 0 Å². The van der Waals surface area contributed by atoms with Crippen LogP contribution in [-0.4, -0.2) is 41.4 Å². The molecule has 2 heterocycles. The lowest BCUT2D eigenvalue weighted by atomic mass is 9.95. The van der Waals surface area contributed by atoms with Crippen molar-refractivity contribution in [1.82, 2.24) is 15.1 Å². The molecule has 0 saturated carbocycles. The van der Waals surface area contributed by atoms with Crippen LogP contribution < -0.4 is 5.32 Å². The minimum absolute atomic E-state index is 0.0400. The van der Waals surface area contributed by atoms with Crippen molar-refractivity contribution >= 4 is 23.5 Å². The van der Waals surface area contributed by atoms with Crippen LogP contribution in [0.4, 0.5) is 4.79 Å². The second-order valence-corrected chi connectivity index (χ2v) is 6.26. The number of hydrogen-bond acceptors (Lipinski definition) is 2. The third-order valence-corrected chi connectivity index (χ3v) is 4.57. The summed E-state index contributed by atoms with van der Waals surface area (Å²) in [6.45, 7) is 4.39. The summed E-state index contributed by atoms with van der Waals surface area (Å²) in [7, 11) is 1.69. The van der Waals surface area contributed by atoms with Gasteiger partial charge < -0.3 is 10.2 Å². The predicted octanol–water partition coefficient (Wildman–Crippen LogP) is 2.54. The topological polar surface area (TPSA) is 52.7 Å². The van der Waals surface area contributed by atoms with E-state index in [4.69, 9.17) is 11.6 Å². The molecule has 2 aliphatic rings. The molecule has 0 aliphatic carbocycles. The van der Waals surface area contributed by atoms with Gasteiger partial charge in [0.05, 0.1) is 23.9 Å². The van der Waals surface area contributed by atoms with Crippen LogP contribution in [0.25, 0.3) is 0 Å². The lowest BCUT2D eigenvalue weighted by Crippen LogP contribution is -2.45. The molecule has 0 unspecified atom stereocenters. The molecule has 0 spiro atoms. The Labute approximate surface area is 134 Å². The highest BCUT2D eigenvalue weighted by molar-refractivity contribution is 6.31. The van der Waals surface area contributed by atoms with Gasteiger partial charge in [0.25, 0.3) is 5.91 Å². The summed E-state index contributed by atoms with van der Waals surface area (Å²) in [5.74, 6) is -0.0400. The summed E-state index contributed by atoms with van der Waals surface area (Å²) in [6, 6.07) is 6.65. The quantitative estimate of drug-likeness (QED) is 0.910. The van der Waals surface area contributed by atoms with E-state index >= 15 is 0 Å². The summed E-state index contributed by atoms with van der Waals surface area (Å²) >= 11 is 6.27. The molecule has 0 fully saturated rings. The summed E-state index contributed by atoms with van der Waals surface area (Å²) in [6.07, 6.45) is 0. The van der Waals surface area contributed by atoms with Crippen molar-refractivity contribution in [3.63, 3.8) is 0 Å². The minimum atomic E-state index is -0.497. The number of likely N-dealkylation sites (N-methyl/N-ethyl adjacent to an activating group) is 1. The highest BCUT2D eigenvalue weighted by Crippen LogP contribution is 2.38. The lowest BCUT2D eigenvalue weighted by Gasteiger charge is -2.31. The number of halogens is 1. The molecular formula is C16H18ClN3O2. The minimum Gasteiger partial charge on any atom is -0.331 e. The van der Waals surface area contributed by atoms with Crippen LogP contribution in [0, 0.1) is 0 Å². The van der Waals surface area contributed by atoms with Crippen molar-refractivity contribution in [2.75, 3.05) is 13.6 Å². The Balaban J connectivity index is 2.10. The van der Waals surface area contributed by atoms with Crippen molar-refractivity contribution in [2.24, 2.45) is 0 Å². The number of rotatable bonds is 2. The molecule has 2 aliphatic heterocycles. The molecule has 3 rings (SSSR count). The maximum absolute atomic E-state index is 12.8. The van der Waals surface area contributed by atoms with E-state index in [1.807, 2.05) is 32.0 Å². The number of nitrogens with zero attached hydrogens (tertiary/aromatic N) is 2. The van der Waals surface area contributed by atoms with Gasteiger partial charge in [-0.15, -0.1) is 0 Å². The summed E-state index contributed by atoms with van der Waals surface area (Å²) in [5.41, 5.74) is 2.12. The van der Waals surface area contributed by atoms with E-state index in [1.165, 1.54) is 4.90 Å². The monoisotopic (exact) mass is 319 g/mol.